The molecule has 0 spiro atoms. The maximum atomic E-state index is 12.8. The number of anilines is 1. The van der Waals surface area contributed by atoms with Gasteiger partial charge in [-0.3, -0.25) is 19.6 Å². The van der Waals surface area contributed by atoms with Crippen LogP contribution in [0.2, 0.25) is 0 Å². The number of amides is 2. The second kappa shape index (κ2) is 11.0. The van der Waals surface area contributed by atoms with Crippen LogP contribution in [0.1, 0.15) is 16.1 Å². The van der Waals surface area contributed by atoms with Crippen LogP contribution in [0, 0.1) is 0 Å². The summed E-state index contributed by atoms with van der Waals surface area (Å²) in [4.78, 5) is 29.0. The van der Waals surface area contributed by atoms with E-state index in [0.29, 0.717) is 12.2 Å². The molecule has 1 fully saturated rings. The van der Waals surface area contributed by atoms with Crippen LogP contribution in [0.25, 0.3) is 22.0 Å². The highest BCUT2D eigenvalue weighted by atomic mass is 32.2. The highest BCUT2D eigenvalue weighted by Gasteiger charge is 2.28. The number of aromatic nitrogens is 2. The summed E-state index contributed by atoms with van der Waals surface area (Å²) < 4.78 is 5.37. The number of benzene rings is 3. The molecule has 1 saturated heterocycles. The molecule has 0 bridgehead atoms. The lowest BCUT2D eigenvalue weighted by Crippen LogP contribution is -2.41. The SMILES string of the molecule is O=C(NCCN1CCOCC1)c1n[nH]c2cc(-c3ccc(NC(=O)C4Cc5ccccc5S4)cc3)ccc12. The van der Waals surface area contributed by atoms with Gasteiger partial charge in [-0.25, -0.2) is 0 Å². The summed E-state index contributed by atoms with van der Waals surface area (Å²) in [6, 6.07) is 21.9. The molecule has 2 aliphatic rings. The quantitative estimate of drug-likeness (QED) is 0.337. The van der Waals surface area contributed by atoms with Crippen molar-refractivity contribution in [1.82, 2.24) is 20.4 Å². The molecule has 1 aromatic heterocycles. The summed E-state index contributed by atoms with van der Waals surface area (Å²) in [6.07, 6.45) is 0.753. The monoisotopic (exact) mass is 527 g/mol. The van der Waals surface area contributed by atoms with Gasteiger partial charge >= 0.3 is 0 Å². The lowest BCUT2D eigenvalue weighted by atomic mass is 10.0. The number of hydrogen-bond acceptors (Lipinski definition) is 6. The number of fused-ring (bicyclic) bond motifs is 2. The number of aromatic amines is 1. The summed E-state index contributed by atoms with van der Waals surface area (Å²) in [5.74, 6) is -0.158. The number of hydrogen-bond donors (Lipinski definition) is 3. The van der Waals surface area contributed by atoms with E-state index in [1.807, 2.05) is 54.6 Å². The Morgan fingerprint density at radius 1 is 1.03 bits per heavy atom. The lowest BCUT2D eigenvalue weighted by molar-refractivity contribution is -0.115. The Kier molecular flexibility index (Phi) is 7.13. The molecule has 9 heteroatoms. The third kappa shape index (κ3) is 5.31. The van der Waals surface area contributed by atoms with Gasteiger partial charge in [-0.1, -0.05) is 36.4 Å². The predicted molar refractivity (Wildman–Crippen MR) is 150 cm³/mol. The molecule has 4 aromatic rings. The molecule has 2 aliphatic heterocycles. The maximum Gasteiger partial charge on any atom is 0.272 e. The van der Waals surface area contributed by atoms with E-state index >= 15 is 0 Å². The number of carbonyl (C=O) groups excluding carboxylic acids is 2. The standard InChI is InChI=1S/C29H29N5O3S/c35-28(26-18-21-3-1-2-4-25(21)38-26)31-22-8-5-19(6-9-22)20-7-10-23-24(17-20)32-33-27(23)29(36)30-11-12-34-13-15-37-16-14-34/h1-10,17,26H,11-16,18H2,(H,30,36)(H,31,35)(H,32,33). The molecule has 194 valence electrons. The molecule has 1 atom stereocenters. The average Bonchev–Trinajstić information content (AvgIpc) is 3.58. The minimum Gasteiger partial charge on any atom is -0.379 e. The van der Waals surface area contributed by atoms with Crippen LogP contribution < -0.4 is 10.6 Å². The summed E-state index contributed by atoms with van der Waals surface area (Å²) in [7, 11) is 0. The first kappa shape index (κ1) is 24.7. The van der Waals surface area contributed by atoms with E-state index < -0.39 is 0 Å². The number of nitrogens with one attached hydrogen (secondary N) is 3. The second-order valence-electron chi connectivity index (χ2n) is 9.53. The van der Waals surface area contributed by atoms with E-state index in [0.717, 1.165) is 67.0 Å². The molecule has 0 radical (unpaired) electrons. The van der Waals surface area contributed by atoms with E-state index in [-0.39, 0.29) is 17.1 Å². The van der Waals surface area contributed by atoms with Gasteiger partial charge in [0, 0.05) is 42.1 Å². The van der Waals surface area contributed by atoms with Crippen molar-refractivity contribution in [2.75, 3.05) is 44.7 Å². The minimum atomic E-state index is -0.180. The summed E-state index contributed by atoms with van der Waals surface area (Å²) in [6.45, 7) is 4.64. The summed E-state index contributed by atoms with van der Waals surface area (Å²) in [5, 5.41) is 14.0. The van der Waals surface area contributed by atoms with Crippen molar-refractivity contribution in [3.63, 3.8) is 0 Å². The van der Waals surface area contributed by atoms with Gasteiger partial charge in [0.25, 0.3) is 5.91 Å². The van der Waals surface area contributed by atoms with Crippen molar-refractivity contribution >= 4 is 40.2 Å². The third-order valence-electron chi connectivity index (χ3n) is 7.02. The van der Waals surface area contributed by atoms with Crippen molar-refractivity contribution in [3.8, 4) is 11.1 Å². The number of rotatable bonds is 7. The summed E-state index contributed by atoms with van der Waals surface area (Å²) >= 11 is 1.62. The Hall–Kier alpha value is -3.66. The largest absolute Gasteiger partial charge is 0.379 e. The molecule has 1 unspecified atom stereocenters. The summed E-state index contributed by atoms with van der Waals surface area (Å²) in [5.41, 5.74) is 5.22. The highest BCUT2D eigenvalue weighted by molar-refractivity contribution is 8.01. The van der Waals surface area contributed by atoms with Gasteiger partial charge in [0.05, 0.1) is 24.0 Å². The normalized spacial score (nSPS) is 17.3. The van der Waals surface area contributed by atoms with Crippen LogP contribution in [-0.2, 0) is 16.0 Å². The molecule has 3 aromatic carbocycles. The van der Waals surface area contributed by atoms with Gasteiger partial charge in [0.15, 0.2) is 5.69 Å². The van der Waals surface area contributed by atoms with E-state index in [2.05, 4.69) is 37.9 Å². The first-order valence-corrected chi connectivity index (χ1v) is 13.7. The topological polar surface area (TPSA) is 99.3 Å². The van der Waals surface area contributed by atoms with E-state index in [9.17, 15) is 9.59 Å². The number of nitrogens with zero attached hydrogens (tertiary/aromatic N) is 2. The first-order valence-electron chi connectivity index (χ1n) is 12.9. The molecule has 2 amide bonds. The second-order valence-corrected chi connectivity index (χ2v) is 10.8. The van der Waals surface area contributed by atoms with Crippen LogP contribution in [0.5, 0.6) is 0 Å². The van der Waals surface area contributed by atoms with Crippen LogP contribution >= 0.6 is 11.8 Å². The predicted octanol–water partition coefficient (Wildman–Crippen LogP) is 3.95. The fraction of sp³-hybridized carbons (Fsp3) is 0.276. The molecule has 0 aliphatic carbocycles. The van der Waals surface area contributed by atoms with Crippen molar-refractivity contribution in [2.45, 2.75) is 16.6 Å². The Labute approximate surface area is 225 Å². The molecule has 3 N–H and O–H groups in total. The van der Waals surface area contributed by atoms with Crippen LogP contribution in [0.4, 0.5) is 5.69 Å². The van der Waals surface area contributed by atoms with E-state index in [1.165, 1.54) is 10.5 Å². The molecular weight excluding hydrogens is 498 g/mol. The maximum absolute atomic E-state index is 12.8. The number of H-pyrrole nitrogens is 1. The lowest BCUT2D eigenvalue weighted by Gasteiger charge is -2.26. The fourth-order valence-electron chi connectivity index (χ4n) is 4.91. The van der Waals surface area contributed by atoms with Crippen molar-refractivity contribution in [2.24, 2.45) is 0 Å². The van der Waals surface area contributed by atoms with Crippen LogP contribution in [0.3, 0.4) is 0 Å². The van der Waals surface area contributed by atoms with E-state index in [4.69, 9.17) is 4.74 Å². The zero-order valence-corrected chi connectivity index (χ0v) is 21.7. The third-order valence-corrected chi connectivity index (χ3v) is 8.34. The van der Waals surface area contributed by atoms with Crippen LogP contribution in [-0.4, -0.2) is 71.6 Å². The van der Waals surface area contributed by atoms with Crippen molar-refractivity contribution < 1.29 is 14.3 Å². The Balaban J connectivity index is 1.07. The smallest absolute Gasteiger partial charge is 0.272 e. The minimum absolute atomic E-state index is 0.0218. The van der Waals surface area contributed by atoms with Crippen LogP contribution in [0.15, 0.2) is 71.6 Å². The van der Waals surface area contributed by atoms with Crippen molar-refractivity contribution in [1.29, 1.82) is 0 Å². The number of ether oxygens (including phenoxy) is 1. The molecular formula is C29H29N5O3S. The fourth-order valence-corrected chi connectivity index (χ4v) is 6.10. The molecule has 38 heavy (non-hydrogen) atoms. The van der Waals surface area contributed by atoms with Gasteiger partial charge < -0.3 is 15.4 Å². The molecule has 6 rings (SSSR count). The number of morpholine rings is 1. The van der Waals surface area contributed by atoms with Crippen molar-refractivity contribution in [3.05, 3.63) is 78.0 Å². The van der Waals surface area contributed by atoms with Gasteiger partial charge in [-0.2, -0.15) is 5.10 Å². The Morgan fingerprint density at radius 3 is 2.63 bits per heavy atom. The number of thioether (sulfide) groups is 1. The molecule has 8 nitrogen and oxygen atoms in total. The van der Waals surface area contributed by atoms with E-state index in [1.54, 1.807) is 11.8 Å². The molecule has 3 heterocycles. The van der Waals surface area contributed by atoms with Gasteiger partial charge in [0.1, 0.15) is 0 Å². The Morgan fingerprint density at radius 2 is 1.82 bits per heavy atom. The van der Waals surface area contributed by atoms with Gasteiger partial charge in [0.2, 0.25) is 5.91 Å². The zero-order valence-electron chi connectivity index (χ0n) is 20.9. The first-order chi connectivity index (χ1) is 18.6. The zero-order chi connectivity index (χ0) is 25.9. The van der Waals surface area contributed by atoms with Gasteiger partial charge in [-0.05, 0) is 53.4 Å². The van der Waals surface area contributed by atoms with Gasteiger partial charge in [-0.15, -0.1) is 11.8 Å². The molecule has 0 saturated carbocycles. The highest BCUT2D eigenvalue weighted by Crippen LogP contribution is 2.37. The Bertz CT molecular complexity index is 1440. The average molecular weight is 528 g/mol. The number of carbonyl (C=O) groups is 2.